The van der Waals surface area contributed by atoms with Crippen molar-refractivity contribution in [3.05, 3.63) is 34.6 Å². The van der Waals surface area contributed by atoms with Gasteiger partial charge in [-0.2, -0.15) is 0 Å². The van der Waals surface area contributed by atoms with E-state index >= 15 is 0 Å². The van der Waals surface area contributed by atoms with Crippen molar-refractivity contribution in [2.24, 2.45) is 0 Å². The molecule has 0 saturated heterocycles. The number of amides is 1. The van der Waals surface area contributed by atoms with Crippen LogP contribution in [0.1, 0.15) is 18.4 Å². The molecular formula is C15H20ClFN2O2. The Morgan fingerprint density at radius 2 is 2.29 bits per heavy atom. The lowest BCUT2D eigenvalue weighted by Gasteiger charge is -2.23. The summed E-state index contributed by atoms with van der Waals surface area (Å²) in [6.07, 6.45) is 1.94. The third kappa shape index (κ3) is 4.66. The van der Waals surface area contributed by atoms with E-state index in [2.05, 4.69) is 5.32 Å². The van der Waals surface area contributed by atoms with Crippen LogP contribution in [-0.2, 0) is 16.1 Å². The summed E-state index contributed by atoms with van der Waals surface area (Å²) in [4.78, 5) is 14.0. The molecule has 0 bridgehead atoms. The molecule has 1 fully saturated rings. The highest BCUT2D eigenvalue weighted by Crippen LogP contribution is 2.30. The molecule has 0 aromatic heterocycles. The molecule has 1 aliphatic rings. The van der Waals surface area contributed by atoms with Crippen LogP contribution in [-0.4, -0.2) is 43.7 Å². The number of halogens is 2. The lowest BCUT2D eigenvalue weighted by atomic mass is 10.2. The van der Waals surface area contributed by atoms with Gasteiger partial charge in [-0.05, 0) is 25.0 Å². The van der Waals surface area contributed by atoms with Gasteiger partial charge in [0.1, 0.15) is 5.82 Å². The van der Waals surface area contributed by atoms with Crippen molar-refractivity contribution in [2.75, 3.05) is 26.8 Å². The van der Waals surface area contributed by atoms with Crippen LogP contribution in [0.3, 0.4) is 0 Å². The van der Waals surface area contributed by atoms with Gasteiger partial charge < -0.3 is 15.0 Å². The first-order chi connectivity index (χ1) is 10.1. The number of ether oxygens (including phenoxy) is 1. The van der Waals surface area contributed by atoms with Crippen molar-refractivity contribution in [3.63, 3.8) is 0 Å². The number of carbonyl (C=O) groups excluding carboxylic acids is 1. The van der Waals surface area contributed by atoms with Gasteiger partial charge in [0.15, 0.2) is 0 Å². The molecule has 0 heterocycles. The summed E-state index contributed by atoms with van der Waals surface area (Å²) in [6, 6.07) is 4.79. The lowest BCUT2D eigenvalue weighted by Crippen LogP contribution is -2.40. The van der Waals surface area contributed by atoms with E-state index in [1.54, 1.807) is 24.1 Å². The molecule has 2 rings (SSSR count). The van der Waals surface area contributed by atoms with Gasteiger partial charge in [-0.15, -0.1) is 0 Å². The predicted molar refractivity (Wildman–Crippen MR) is 79.7 cm³/mol. The van der Waals surface area contributed by atoms with Crippen molar-refractivity contribution in [1.82, 2.24) is 10.2 Å². The SMILES string of the molecule is COCCNCC(=O)N(Cc1c(F)cccc1Cl)C1CC1. The quantitative estimate of drug-likeness (QED) is 0.748. The van der Waals surface area contributed by atoms with E-state index in [9.17, 15) is 9.18 Å². The molecule has 4 nitrogen and oxygen atoms in total. The molecule has 0 aliphatic heterocycles. The Labute approximate surface area is 129 Å². The molecule has 0 radical (unpaired) electrons. The maximum Gasteiger partial charge on any atom is 0.237 e. The summed E-state index contributed by atoms with van der Waals surface area (Å²) in [5, 5.41) is 3.38. The number of nitrogens with zero attached hydrogens (tertiary/aromatic N) is 1. The Bertz CT molecular complexity index is 474. The third-order valence-corrected chi connectivity index (χ3v) is 3.81. The van der Waals surface area contributed by atoms with Gasteiger partial charge in [0.25, 0.3) is 0 Å². The van der Waals surface area contributed by atoms with E-state index in [0.717, 1.165) is 12.8 Å². The molecule has 1 aliphatic carbocycles. The van der Waals surface area contributed by atoms with Crippen LogP contribution in [0.15, 0.2) is 18.2 Å². The van der Waals surface area contributed by atoms with Crippen molar-refractivity contribution < 1.29 is 13.9 Å². The smallest absolute Gasteiger partial charge is 0.237 e. The fraction of sp³-hybridized carbons (Fsp3) is 0.533. The van der Waals surface area contributed by atoms with Crippen LogP contribution in [0.5, 0.6) is 0 Å². The Hall–Kier alpha value is -1.17. The van der Waals surface area contributed by atoms with E-state index in [1.807, 2.05) is 0 Å². The van der Waals surface area contributed by atoms with Crippen molar-refractivity contribution in [3.8, 4) is 0 Å². The van der Waals surface area contributed by atoms with Crippen molar-refractivity contribution >= 4 is 17.5 Å². The summed E-state index contributed by atoms with van der Waals surface area (Å²) < 4.78 is 18.8. The maximum absolute atomic E-state index is 13.9. The van der Waals surface area contributed by atoms with E-state index in [-0.39, 0.29) is 30.9 Å². The summed E-state index contributed by atoms with van der Waals surface area (Å²) in [5.41, 5.74) is 0.385. The maximum atomic E-state index is 13.9. The molecule has 1 aromatic rings. The summed E-state index contributed by atoms with van der Waals surface area (Å²) in [6.45, 7) is 1.62. The highest BCUT2D eigenvalue weighted by molar-refractivity contribution is 6.31. The Balaban J connectivity index is 1.97. The fourth-order valence-electron chi connectivity index (χ4n) is 2.13. The summed E-state index contributed by atoms with van der Waals surface area (Å²) >= 11 is 6.04. The van der Waals surface area contributed by atoms with Gasteiger partial charge in [-0.3, -0.25) is 4.79 Å². The fourth-order valence-corrected chi connectivity index (χ4v) is 2.35. The zero-order valence-electron chi connectivity index (χ0n) is 12.1. The minimum absolute atomic E-state index is 0.0343. The highest BCUT2D eigenvalue weighted by Gasteiger charge is 2.33. The average Bonchev–Trinajstić information content (AvgIpc) is 3.27. The van der Waals surface area contributed by atoms with Gasteiger partial charge in [-0.25, -0.2) is 4.39 Å². The van der Waals surface area contributed by atoms with E-state index in [1.165, 1.54) is 6.07 Å². The number of methoxy groups -OCH3 is 1. The van der Waals surface area contributed by atoms with Gasteiger partial charge in [0.2, 0.25) is 5.91 Å². The topological polar surface area (TPSA) is 41.6 Å². The van der Waals surface area contributed by atoms with E-state index in [0.29, 0.717) is 23.7 Å². The largest absolute Gasteiger partial charge is 0.383 e. The van der Waals surface area contributed by atoms with Gasteiger partial charge in [0.05, 0.1) is 19.7 Å². The number of rotatable bonds is 8. The number of benzene rings is 1. The minimum atomic E-state index is -0.367. The van der Waals surface area contributed by atoms with Crippen LogP contribution >= 0.6 is 11.6 Å². The number of hydrogen-bond donors (Lipinski definition) is 1. The van der Waals surface area contributed by atoms with Crippen molar-refractivity contribution in [1.29, 1.82) is 0 Å². The Kier molecular flexibility index (Phi) is 5.96. The second-order valence-electron chi connectivity index (χ2n) is 5.12. The van der Waals surface area contributed by atoms with E-state index in [4.69, 9.17) is 16.3 Å². The minimum Gasteiger partial charge on any atom is -0.383 e. The molecule has 21 heavy (non-hydrogen) atoms. The normalized spacial score (nSPS) is 14.2. The molecule has 1 aromatic carbocycles. The lowest BCUT2D eigenvalue weighted by molar-refractivity contribution is -0.131. The monoisotopic (exact) mass is 314 g/mol. The first-order valence-corrected chi connectivity index (χ1v) is 7.43. The molecule has 116 valence electrons. The average molecular weight is 315 g/mol. The first-order valence-electron chi connectivity index (χ1n) is 7.05. The second-order valence-corrected chi connectivity index (χ2v) is 5.53. The Morgan fingerprint density at radius 1 is 1.52 bits per heavy atom. The van der Waals surface area contributed by atoms with Gasteiger partial charge in [-0.1, -0.05) is 17.7 Å². The van der Waals surface area contributed by atoms with Crippen LogP contribution in [0, 0.1) is 5.82 Å². The molecule has 6 heteroatoms. The molecule has 0 unspecified atom stereocenters. The Morgan fingerprint density at radius 3 is 2.90 bits per heavy atom. The van der Waals surface area contributed by atoms with Crippen LogP contribution in [0.2, 0.25) is 5.02 Å². The molecule has 0 spiro atoms. The number of hydrogen-bond acceptors (Lipinski definition) is 3. The standard InChI is InChI=1S/C15H20ClFN2O2/c1-21-8-7-18-9-15(20)19(11-5-6-11)10-12-13(16)3-2-4-14(12)17/h2-4,11,18H,5-10H2,1H3. The number of nitrogens with one attached hydrogen (secondary N) is 1. The zero-order chi connectivity index (χ0) is 15.2. The van der Waals surface area contributed by atoms with Crippen LogP contribution < -0.4 is 5.32 Å². The molecule has 1 saturated carbocycles. The molecule has 0 atom stereocenters. The van der Waals surface area contributed by atoms with E-state index < -0.39 is 0 Å². The zero-order valence-corrected chi connectivity index (χ0v) is 12.8. The second kappa shape index (κ2) is 7.73. The molecular weight excluding hydrogens is 295 g/mol. The molecule has 1 N–H and O–H groups in total. The third-order valence-electron chi connectivity index (χ3n) is 3.46. The van der Waals surface area contributed by atoms with Gasteiger partial charge >= 0.3 is 0 Å². The van der Waals surface area contributed by atoms with Crippen LogP contribution in [0.25, 0.3) is 0 Å². The summed E-state index contributed by atoms with van der Waals surface area (Å²) in [7, 11) is 1.61. The predicted octanol–water partition coefficient (Wildman–Crippen LogP) is 2.21. The van der Waals surface area contributed by atoms with Crippen LogP contribution in [0.4, 0.5) is 4.39 Å². The highest BCUT2D eigenvalue weighted by atomic mass is 35.5. The van der Waals surface area contributed by atoms with Gasteiger partial charge in [0, 0.05) is 30.3 Å². The number of carbonyl (C=O) groups is 1. The molecule has 1 amide bonds. The first kappa shape index (κ1) is 16.2. The van der Waals surface area contributed by atoms with Crippen molar-refractivity contribution in [2.45, 2.75) is 25.4 Å². The summed E-state index contributed by atoms with van der Waals surface area (Å²) in [5.74, 6) is -0.402.